The third-order valence-corrected chi connectivity index (χ3v) is 5.31. The van der Waals surface area contributed by atoms with Gasteiger partial charge in [-0.15, -0.1) is 0 Å². The summed E-state index contributed by atoms with van der Waals surface area (Å²) in [6.07, 6.45) is 0.663. The van der Waals surface area contributed by atoms with E-state index in [2.05, 4.69) is 48.5 Å². The fraction of sp³-hybridized carbons (Fsp3) is 0.240. The predicted molar refractivity (Wildman–Crippen MR) is 117 cm³/mol. The zero-order chi connectivity index (χ0) is 20.2. The maximum atomic E-state index is 13.0. The summed E-state index contributed by atoms with van der Waals surface area (Å²) in [6, 6.07) is 22.9. The molecule has 4 heteroatoms. The highest BCUT2D eigenvalue weighted by Crippen LogP contribution is 2.31. The molecule has 4 nitrogen and oxygen atoms in total. The number of fused-ring (bicyclic) bond motifs is 2. The van der Waals surface area contributed by atoms with Gasteiger partial charge >= 0.3 is 5.97 Å². The first-order valence-electron chi connectivity index (χ1n) is 9.97. The molecule has 0 aliphatic carbocycles. The van der Waals surface area contributed by atoms with Crippen molar-refractivity contribution in [1.29, 1.82) is 0 Å². The first kappa shape index (κ1) is 19.2. The van der Waals surface area contributed by atoms with Crippen LogP contribution in [0.2, 0.25) is 0 Å². The Kier molecular flexibility index (Phi) is 5.63. The van der Waals surface area contributed by atoms with Crippen molar-refractivity contribution in [1.82, 2.24) is 4.57 Å². The second kappa shape index (κ2) is 8.50. The average Bonchev–Trinajstić information content (AvgIpc) is 3.06. The van der Waals surface area contributed by atoms with Crippen molar-refractivity contribution in [3.8, 4) is 0 Å². The monoisotopic (exact) mass is 387 g/mol. The Morgan fingerprint density at radius 1 is 0.931 bits per heavy atom. The van der Waals surface area contributed by atoms with Crippen molar-refractivity contribution in [2.45, 2.75) is 19.9 Å². The molecule has 148 valence electrons. The molecule has 0 radical (unpaired) electrons. The lowest BCUT2D eigenvalue weighted by Crippen LogP contribution is -2.16. The number of nitrogens with zero attached hydrogens (tertiary/aromatic N) is 1. The number of hydrogen-bond acceptors (Lipinski definition) is 3. The molecule has 4 rings (SSSR count). The van der Waals surface area contributed by atoms with Crippen LogP contribution >= 0.6 is 0 Å². The van der Waals surface area contributed by atoms with E-state index in [1.807, 2.05) is 29.7 Å². The van der Waals surface area contributed by atoms with Gasteiger partial charge in [-0.05, 0) is 34.9 Å². The minimum atomic E-state index is -0.282. The van der Waals surface area contributed by atoms with Gasteiger partial charge in [-0.1, -0.05) is 60.7 Å². The van der Waals surface area contributed by atoms with E-state index in [4.69, 9.17) is 9.47 Å². The van der Waals surface area contributed by atoms with Gasteiger partial charge in [0.25, 0.3) is 0 Å². The maximum absolute atomic E-state index is 13.0. The van der Waals surface area contributed by atoms with E-state index in [1.54, 1.807) is 7.11 Å². The first-order valence-corrected chi connectivity index (χ1v) is 9.97. The molecule has 1 heterocycles. The number of esters is 1. The van der Waals surface area contributed by atoms with Crippen molar-refractivity contribution in [2.24, 2.45) is 0 Å². The summed E-state index contributed by atoms with van der Waals surface area (Å²) in [5.74, 6) is -0.282. The van der Waals surface area contributed by atoms with Crippen LogP contribution in [-0.4, -0.2) is 30.9 Å². The van der Waals surface area contributed by atoms with Gasteiger partial charge in [0, 0.05) is 31.0 Å². The summed E-state index contributed by atoms with van der Waals surface area (Å²) in [5.41, 5.74) is 3.86. The van der Waals surface area contributed by atoms with Crippen molar-refractivity contribution < 1.29 is 14.3 Å². The second-order valence-corrected chi connectivity index (χ2v) is 7.02. The van der Waals surface area contributed by atoms with Crippen LogP contribution in [0.4, 0.5) is 0 Å². The summed E-state index contributed by atoms with van der Waals surface area (Å²) in [4.78, 5) is 13.0. The number of benzene rings is 3. The van der Waals surface area contributed by atoms with Crippen LogP contribution in [0.3, 0.4) is 0 Å². The Morgan fingerprint density at radius 2 is 1.66 bits per heavy atom. The number of aromatic nitrogens is 1. The van der Waals surface area contributed by atoms with Crippen LogP contribution in [0.25, 0.3) is 21.7 Å². The van der Waals surface area contributed by atoms with Gasteiger partial charge < -0.3 is 14.0 Å². The van der Waals surface area contributed by atoms with Gasteiger partial charge in [-0.3, -0.25) is 0 Å². The molecule has 0 amide bonds. The van der Waals surface area contributed by atoms with Gasteiger partial charge in [0.15, 0.2) is 0 Å². The highest BCUT2D eigenvalue weighted by atomic mass is 16.5. The maximum Gasteiger partial charge on any atom is 0.355 e. The van der Waals surface area contributed by atoms with E-state index in [-0.39, 0.29) is 5.97 Å². The third kappa shape index (κ3) is 3.64. The lowest BCUT2D eigenvalue weighted by Gasteiger charge is -2.12. The fourth-order valence-electron chi connectivity index (χ4n) is 4.04. The van der Waals surface area contributed by atoms with Crippen molar-refractivity contribution in [2.75, 3.05) is 20.3 Å². The van der Waals surface area contributed by atoms with E-state index < -0.39 is 0 Å². The Bertz CT molecular complexity index is 1150. The molecule has 0 atom stereocenters. The number of carbonyl (C=O) groups is 1. The Morgan fingerprint density at radius 3 is 2.45 bits per heavy atom. The second-order valence-electron chi connectivity index (χ2n) is 7.02. The van der Waals surface area contributed by atoms with E-state index in [0.29, 0.717) is 31.9 Å². The van der Waals surface area contributed by atoms with Crippen molar-refractivity contribution >= 4 is 27.6 Å². The molecule has 0 spiro atoms. The molecule has 1 aromatic heterocycles. The Labute approximate surface area is 170 Å². The number of hydrogen-bond donors (Lipinski definition) is 0. The number of rotatable bonds is 7. The van der Waals surface area contributed by atoms with Crippen LogP contribution in [-0.2, 0) is 22.4 Å². The fourth-order valence-corrected chi connectivity index (χ4v) is 4.04. The molecule has 0 aliphatic rings. The molecule has 0 saturated heterocycles. The summed E-state index contributed by atoms with van der Waals surface area (Å²) < 4.78 is 12.8. The summed E-state index contributed by atoms with van der Waals surface area (Å²) in [5, 5.41) is 3.49. The van der Waals surface area contributed by atoms with Gasteiger partial charge in [-0.25, -0.2) is 4.79 Å². The van der Waals surface area contributed by atoms with Crippen molar-refractivity contribution in [3.63, 3.8) is 0 Å². The molecule has 0 bridgehead atoms. The van der Waals surface area contributed by atoms with Crippen LogP contribution in [0.15, 0.2) is 66.7 Å². The smallest absolute Gasteiger partial charge is 0.355 e. The third-order valence-electron chi connectivity index (χ3n) is 5.31. The van der Waals surface area contributed by atoms with E-state index in [0.717, 1.165) is 16.5 Å². The summed E-state index contributed by atoms with van der Waals surface area (Å²) in [7, 11) is 1.67. The molecule has 0 saturated carbocycles. The van der Waals surface area contributed by atoms with Crippen LogP contribution in [0, 0.1) is 0 Å². The quantitative estimate of drug-likeness (QED) is 0.409. The molecular weight excluding hydrogens is 362 g/mol. The lowest BCUT2D eigenvalue weighted by atomic mass is 9.96. The summed E-state index contributed by atoms with van der Waals surface area (Å²) >= 11 is 0. The Hall–Kier alpha value is -3.11. The normalized spacial score (nSPS) is 11.2. The molecular formula is C25H25NO3. The van der Waals surface area contributed by atoms with Gasteiger partial charge in [0.1, 0.15) is 5.69 Å². The van der Waals surface area contributed by atoms with Crippen molar-refractivity contribution in [3.05, 3.63) is 83.6 Å². The van der Waals surface area contributed by atoms with E-state index in [9.17, 15) is 4.79 Å². The molecule has 0 N–H and O–H groups in total. The zero-order valence-corrected chi connectivity index (χ0v) is 16.9. The highest BCUT2D eigenvalue weighted by molar-refractivity contribution is 6.00. The Balaban J connectivity index is 1.92. The molecule has 0 fully saturated rings. The van der Waals surface area contributed by atoms with Gasteiger partial charge in [-0.2, -0.15) is 0 Å². The number of para-hydroxylation sites is 1. The number of ether oxygens (including phenoxy) is 2. The van der Waals surface area contributed by atoms with Crippen LogP contribution in [0.1, 0.15) is 28.5 Å². The van der Waals surface area contributed by atoms with Crippen LogP contribution in [0.5, 0.6) is 0 Å². The minimum Gasteiger partial charge on any atom is -0.461 e. The molecule has 4 aromatic rings. The van der Waals surface area contributed by atoms with E-state index >= 15 is 0 Å². The lowest BCUT2D eigenvalue weighted by molar-refractivity contribution is 0.0511. The molecule has 0 unspecified atom stereocenters. The largest absolute Gasteiger partial charge is 0.461 e. The van der Waals surface area contributed by atoms with Crippen LogP contribution < -0.4 is 0 Å². The van der Waals surface area contributed by atoms with Gasteiger partial charge in [0.05, 0.1) is 13.2 Å². The average molecular weight is 387 g/mol. The topological polar surface area (TPSA) is 40.5 Å². The van der Waals surface area contributed by atoms with E-state index in [1.165, 1.54) is 16.3 Å². The SMILES string of the molecule is CCOC(=O)c1c(Cc2cccc3ccccc23)c2ccccc2n1CCOC. The summed E-state index contributed by atoms with van der Waals surface area (Å²) in [6.45, 7) is 3.31. The minimum absolute atomic E-state index is 0.282. The number of methoxy groups -OCH3 is 1. The molecule has 0 aliphatic heterocycles. The molecule has 3 aromatic carbocycles. The standard InChI is InChI=1S/C25H25NO3/c1-3-29-25(27)24-22(17-19-11-8-10-18-9-4-5-12-20(18)19)21-13-6-7-14-23(21)26(24)15-16-28-2/h4-14H,3,15-17H2,1-2H3. The molecule has 29 heavy (non-hydrogen) atoms. The zero-order valence-electron chi connectivity index (χ0n) is 16.9. The number of carbonyl (C=O) groups excluding carboxylic acids is 1. The highest BCUT2D eigenvalue weighted by Gasteiger charge is 2.24. The first-order chi connectivity index (χ1) is 14.2. The van der Waals surface area contributed by atoms with Gasteiger partial charge in [0.2, 0.25) is 0 Å². The predicted octanol–water partition coefficient (Wildman–Crippen LogP) is 5.21.